The highest BCUT2D eigenvalue weighted by molar-refractivity contribution is 5.26. The fourth-order valence-corrected chi connectivity index (χ4v) is 2.71. The Morgan fingerprint density at radius 3 is 2.37 bits per heavy atom. The van der Waals surface area contributed by atoms with Gasteiger partial charge in [0.2, 0.25) is 0 Å². The molecule has 2 nitrogen and oxygen atoms in total. The molecule has 0 heterocycles. The molecule has 1 saturated carbocycles. The zero-order valence-electron chi connectivity index (χ0n) is 12.5. The summed E-state index contributed by atoms with van der Waals surface area (Å²) in [6, 6.07) is 9.36. The Kier molecular flexibility index (Phi) is 5.41. The van der Waals surface area contributed by atoms with E-state index in [-0.39, 0.29) is 0 Å². The summed E-state index contributed by atoms with van der Waals surface area (Å²) in [7, 11) is 1.85. The molecule has 2 unspecified atom stereocenters. The van der Waals surface area contributed by atoms with Crippen LogP contribution >= 0.6 is 0 Å². The summed E-state index contributed by atoms with van der Waals surface area (Å²) in [5.41, 5.74) is 2.77. The van der Waals surface area contributed by atoms with Crippen LogP contribution in [0.5, 0.6) is 0 Å². The SMILES string of the molecule is CCCNC(c1ccc(CC)cc1)C(OC)C1CC1. The van der Waals surface area contributed by atoms with Crippen LogP contribution in [0, 0.1) is 5.92 Å². The van der Waals surface area contributed by atoms with Gasteiger partial charge in [-0.05, 0) is 49.3 Å². The maximum atomic E-state index is 5.78. The summed E-state index contributed by atoms with van der Waals surface area (Å²) < 4.78 is 5.78. The number of rotatable bonds is 8. The van der Waals surface area contributed by atoms with Crippen LogP contribution in [-0.2, 0) is 11.2 Å². The lowest BCUT2D eigenvalue weighted by Gasteiger charge is -2.27. The number of hydrogen-bond donors (Lipinski definition) is 1. The van der Waals surface area contributed by atoms with Crippen LogP contribution in [0.15, 0.2) is 24.3 Å². The lowest BCUT2D eigenvalue weighted by molar-refractivity contribution is 0.0507. The van der Waals surface area contributed by atoms with Gasteiger partial charge in [-0.25, -0.2) is 0 Å². The molecule has 2 heteroatoms. The van der Waals surface area contributed by atoms with Gasteiger partial charge in [0.1, 0.15) is 0 Å². The maximum absolute atomic E-state index is 5.78. The molecule has 0 amide bonds. The second kappa shape index (κ2) is 7.06. The first kappa shape index (κ1) is 14.5. The summed E-state index contributed by atoms with van der Waals surface area (Å²) in [6.45, 7) is 5.46. The Balaban J connectivity index is 2.14. The van der Waals surface area contributed by atoms with Crippen LogP contribution in [0.25, 0.3) is 0 Å². The highest BCUT2D eigenvalue weighted by atomic mass is 16.5. The van der Waals surface area contributed by atoms with E-state index in [9.17, 15) is 0 Å². The van der Waals surface area contributed by atoms with Crippen molar-refractivity contribution >= 4 is 0 Å². The van der Waals surface area contributed by atoms with E-state index < -0.39 is 0 Å². The van der Waals surface area contributed by atoms with Crippen molar-refractivity contribution in [1.82, 2.24) is 5.32 Å². The number of hydrogen-bond acceptors (Lipinski definition) is 2. The molecule has 0 aromatic heterocycles. The fourth-order valence-electron chi connectivity index (χ4n) is 2.71. The summed E-state index contributed by atoms with van der Waals surface area (Å²) >= 11 is 0. The lowest BCUT2D eigenvalue weighted by Crippen LogP contribution is -2.35. The van der Waals surface area contributed by atoms with Gasteiger partial charge in [-0.15, -0.1) is 0 Å². The summed E-state index contributed by atoms with van der Waals surface area (Å²) in [5, 5.41) is 3.67. The van der Waals surface area contributed by atoms with Crippen molar-refractivity contribution in [3.05, 3.63) is 35.4 Å². The van der Waals surface area contributed by atoms with Crippen LogP contribution in [-0.4, -0.2) is 19.8 Å². The largest absolute Gasteiger partial charge is 0.379 e. The third kappa shape index (κ3) is 3.80. The molecule has 2 atom stereocenters. The van der Waals surface area contributed by atoms with E-state index in [0.717, 1.165) is 25.3 Å². The predicted molar refractivity (Wildman–Crippen MR) is 80.4 cm³/mol. The van der Waals surface area contributed by atoms with Gasteiger partial charge in [0, 0.05) is 7.11 Å². The van der Waals surface area contributed by atoms with E-state index in [4.69, 9.17) is 4.74 Å². The van der Waals surface area contributed by atoms with Crippen molar-refractivity contribution in [2.75, 3.05) is 13.7 Å². The van der Waals surface area contributed by atoms with Gasteiger partial charge in [-0.2, -0.15) is 0 Å². The van der Waals surface area contributed by atoms with Crippen molar-refractivity contribution in [2.24, 2.45) is 5.92 Å². The van der Waals surface area contributed by atoms with E-state index in [1.54, 1.807) is 0 Å². The average molecular weight is 261 g/mol. The summed E-state index contributed by atoms with van der Waals surface area (Å²) in [4.78, 5) is 0. The van der Waals surface area contributed by atoms with Crippen LogP contribution in [0.3, 0.4) is 0 Å². The Morgan fingerprint density at radius 1 is 1.21 bits per heavy atom. The van der Waals surface area contributed by atoms with Crippen LogP contribution in [0.1, 0.15) is 50.3 Å². The minimum Gasteiger partial charge on any atom is -0.379 e. The van der Waals surface area contributed by atoms with E-state index >= 15 is 0 Å². The molecular weight excluding hydrogens is 234 g/mol. The minimum absolute atomic E-state index is 0.319. The number of ether oxygens (including phenoxy) is 1. The molecule has 1 aliphatic rings. The molecule has 106 valence electrons. The van der Waals surface area contributed by atoms with Gasteiger partial charge in [0.05, 0.1) is 12.1 Å². The van der Waals surface area contributed by atoms with Gasteiger partial charge in [0.15, 0.2) is 0 Å². The Bertz CT molecular complexity index is 369. The standard InChI is InChI=1S/C17H27NO/c1-4-12-18-16(17(19-3)15-10-11-15)14-8-6-13(5-2)7-9-14/h6-9,15-18H,4-5,10-12H2,1-3H3. The number of aryl methyl sites for hydroxylation is 1. The maximum Gasteiger partial charge on any atom is 0.0794 e. The molecule has 2 rings (SSSR count). The third-order valence-corrected chi connectivity index (χ3v) is 4.05. The summed E-state index contributed by atoms with van der Waals surface area (Å²) in [5.74, 6) is 0.741. The molecule has 1 fully saturated rings. The first-order chi connectivity index (χ1) is 9.30. The van der Waals surface area contributed by atoms with E-state index in [0.29, 0.717) is 12.1 Å². The van der Waals surface area contributed by atoms with Crippen LogP contribution in [0.2, 0.25) is 0 Å². The molecular formula is C17H27NO. The quantitative estimate of drug-likeness (QED) is 0.770. The normalized spacial score (nSPS) is 18.3. The van der Waals surface area contributed by atoms with Crippen molar-refractivity contribution in [3.8, 4) is 0 Å². The average Bonchev–Trinajstić information content (AvgIpc) is 3.28. The van der Waals surface area contributed by atoms with Gasteiger partial charge in [0.25, 0.3) is 0 Å². The Hall–Kier alpha value is -0.860. The summed E-state index contributed by atoms with van der Waals surface area (Å²) in [6.07, 6.45) is 5.21. The lowest BCUT2D eigenvalue weighted by atomic mass is 9.96. The van der Waals surface area contributed by atoms with Crippen molar-refractivity contribution in [3.63, 3.8) is 0 Å². The third-order valence-electron chi connectivity index (χ3n) is 4.05. The molecule has 0 spiro atoms. The van der Waals surface area contributed by atoms with Gasteiger partial charge < -0.3 is 10.1 Å². The monoisotopic (exact) mass is 261 g/mol. The van der Waals surface area contributed by atoms with Crippen LogP contribution < -0.4 is 5.32 Å². The molecule has 1 aromatic carbocycles. The predicted octanol–water partition coefficient (Wildman–Crippen LogP) is 3.71. The van der Waals surface area contributed by atoms with E-state index in [1.807, 2.05) is 7.11 Å². The fraction of sp³-hybridized carbons (Fsp3) is 0.647. The number of methoxy groups -OCH3 is 1. The first-order valence-electron chi connectivity index (χ1n) is 7.65. The molecule has 0 aliphatic heterocycles. The molecule has 1 N–H and O–H groups in total. The molecule has 0 saturated heterocycles. The smallest absolute Gasteiger partial charge is 0.0794 e. The second-order valence-electron chi connectivity index (χ2n) is 5.56. The highest BCUT2D eigenvalue weighted by Gasteiger charge is 2.37. The van der Waals surface area contributed by atoms with E-state index in [1.165, 1.54) is 24.0 Å². The molecule has 1 aliphatic carbocycles. The van der Waals surface area contributed by atoms with Crippen molar-refractivity contribution in [1.29, 1.82) is 0 Å². The molecule has 1 aromatic rings. The number of nitrogens with one attached hydrogen (secondary N) is 1. The molecule has 19 heavy (non-hydrogen) atoms. The van der Waals surface area contributed by atoms with E-state index in [2.05, 4.69) is 43.4 Å². The molecule has 0 radical (unpaired) electrons. The minimum atomic E-state index is 0.319. The first-order valence-corrected chi connectivity index (χ1v) is 7.65. The second-order valence-corrected chi connectivity index (χ2v) is 5.56. The van der Waals surface area contributed by atoms with Gasteiger partial charge in [-0.3, -0.25) is 0 Å². The Morgan fingerprint density at radius 2 is 1.89 bits per heavy atom. The van der Waals surface area contributed by atoms with Crippen LogP contribution in [0.4, 0.5) is 0 Å². The zero-order valence-corrected chi connectivity index (χ0v) is 12.5. The van der Waals surface area contributed by atoms with Gasteiger partial charge >= 0.3 is 0 Å². The topological polar surface area (TPSA) is 21.3 Å². The highest BCUT2D eigenvalue weighted by Crippen LogP contribution is 2.39. The van der Waals surface area contributed by atoms with Gasteiger partial charge in [-0.1, -0.05) is 38.1 Å². The molecule has 0 bridgehead atoms. The van der Waals surface area contributed by atoms with Crippen molar-refractivity contribution in [2.45, 2.75) is 51.7 Å². The Labute approximate surface area is 117 Å². The van der Waals surface area contributed by atoms with Crippen molar-refractivity contribution < 1.29 is 4.74 Å². The number of benzene rings is 1. The zero-order chi connectivity index (χ0) is 13.7.